The van der Waals surface area contributed by atoms with Gasteiger partial charge in [0.25, 0.3) is 0 Å². The summed E-state index contributed by atoms with van der Waals surface area (Å²) in [6, 6.07) is 8.49. The first-order chi connectivity index (χ1) is 10.3. The summed E-state index contributed by atoms with van der Waals surface area (Å²) in [5, 5.41) is 0. The maximum Gasteiger partial charge on any atom is 0.223 e. The van der Waals surface area contributed by atoms with Crippen molar-refractivity contribution in [1.82, 2.24) is 4.90 Å². The second-order valence-corrected chi connectivity index (χ2v) is 6.07. The molecule has 2 aliphatic rings. The van der Waals surface area contributed by atoms with E-state index >= 15 is 0 Å². The summed E-state index contributed by atoms with van der Waals surface area (Å²) in [6.07, 6.45) is 9.64. The molecular weight excluding hydrogens is 262 g/mol. The Morgan fingerprint density at radius 1 is 1.24 bits per heavy atom. The van der Waals surface area contributed by atoms with Crippen LogP contribution in [0.5, 0.6) is 5.75 Å². The molecule has 0 N–H and O–H groups in total. The fourth-order valence-corrected chi connectivity index (χ4v) is 2.94. The molecule has 1 aromatic carbocycles. The smallest absolute Gasteiger partial charge is 0.223 e. The number of hydrogen-bond acceptors (Lipinski definition) is 2. The van der Waals surface area contributed by atoms with Crippen molar-refractivity contribution < 1.29 is 9.53 Å². The van der Waals surface area contributed by atoms with Crippen LogP contribution in [-0.4, -0.2) is 24.0 Å². The van der Waals surface area contributed by atoms with Gasteiger partial charge in [0, 0.05) is 19.0 Å². The lowest BCUT2D eigenvalue weighted by atomic mass is 10.0. The van der Waals surface area contributed by atoms with Crippen molar-refractivity contribution in [3.8, 4) is 5.75 Å². The van der Waals surface area contributed by atoms with E-state index in [4.69, 9.17) is 4.74 Å². The number of carbonyl (C=O) groups is 1. The Morgan fingerprint density at radius 3 is 2.57 bits per heavy atom. The topological polar surface area (TPSA) is 29.5 Å². The SMILES string of the molecule is COc1ccc(CN(C(=O)C[C@@H]2C=CCC2)C2CC2)cc1. The largest absolute Gasteiger partial charge is 0.497 e. The van der Waals surface area contributed by atoms with Crippen LogP contribution in [0, 0.1) is 5.92 Å². The van der Waals surface area contributed by atoms with E-state index in [-0.39, 0.29) is 0 Å². The van der Waals surface area contributed by atoms with Crippen molar-refractivity contribution in [2.75, 3.05) is 7.11 Å². The highest BCUT2D eigenvalue weighted by molar-refractivity contribution is 5.77. The Hall–Kier alpha value is -1.77. The minimum Gasteiger partial charge on any atom is -0.497 e. The van der Waals surface area contributed by atoms with Crippen LogP contribution in [0.2, 0.25) is 0 Å². The van der Waals surface area contributed by atoms with Crippen LogP contribution >= 0.6 is 0 Å². The van der Waals surface area contributed by atoms with Crippen LogP contribution in [0.15, 0.2) is 36.4 Å². The lowest BCUT2D eigenvalue weighted by molar-refractivity contribution is -0.133. The van der Waals surface area contributed by atoms with Crippen molar-refractivity contribution in [2.45, 2.75) is 44.7 Å². The lowest BCUT2D eigenvalue weighted by Crippen LogP contribution is -2.33. The quantitative estimate of drug-likeness (QED) is 0.748. The van der Waals surface area contributed by atoms with Crippen LogP contribution in [0.4, 0.5) is 0 Å². The van der Waals surface area contributed by atoms with E-state index in [0.717, 1.165) is 38.0 Å². The predicted molar refractivity (Wildman–Crippen MR) is 83.0 cm³/mol. The highest BCUT2D eigenvalue weighted by atomic mass is 16.5. The number of amides is 1. The second-order valence-electron chi connectivity index (χ2n) is 6.07. The molecule has 2 aliphatic carbocycles. The number of nitrogens with zero attached hydrogens (tertiary/aromatic N) is 1. The Balaban J connectivity index is 1.63. The molecule has 0 aliphatic heterocycles. The minimum atomic E-state index is 0.310. The first-order valence-corrected chi connectivity index (χ1v) is 7.85. The number of rotatable bonds is 6. The van der Waals surface area contributed by atoms with Crippen LogP contribution < -0.4 is 4.74 Å². The van der Waals surface area contributed by atoms with Crippen molar-refractivity contribution >= 4 is 5.91 Å². The number of ether oxygens (including phenoxy) is 1. The molecule has 1 saturated carbocycles. The van der Waals surface area contributed by atoms with E-state index in [2.05, 4.69) is 29.2 Å². The van der Waals surface area contributed by atoms with Crippen LogP contribution in [0.3, 0.4) is 0 Å². The van der Waals surface area contributed by atoms with E-state index in [1.165, 1.54) is 5.56 Å². The lowest BCUT2D eigenvalue weighted by Gasteiger charge is -2.24. The van der Waals surface area contributed by atoms with Gasteiger partial charge in [0.15, 0.2) is 0 Å². The normalized spacial score (nSPS) is 20.5. The number of hydrogen-bond donors (Lipinski definition) is 0. The van der Waals surface area contributed by atoms with Gasteiger partial charge in [-0.1, -0.05) is 24.3 Å². The fraction of sp³-hybridized carbons (Fsp3) is 0.500. The Labute approximate surface area is 126 Å². The summed E-state index contributed by atoms with van der Waals surface area (Å²) in [4.78, 5) is 14.7. The molecule has 0 unspecified atom stereocenters. The molecule has 112 valence electrons. The van der Waals surface area contributed by atoms with Crippen molar-refractivity contribution in [2.24, 2.45) is 5.92 Å². The average Bonchev–Trinajstić information content (AvgIpc) is 3.22. The van der Waals surface area contributed by atoms with E-state index < -0.39 is 0 Å². The number of methoxy groups -OCH3 is 1. The predicted octanol–water partition coefficient (Wildman–Crippen LogP) is 3.54. The van der Waals surface area contributed by atoms with Gasteiger partial charge in [-0.25, -0.2) is 0 Å². The molecule has 0 aromatic heterocycles. The van der Waals surface area contributed by atoms with E-state index in [1.54, 1.807) is 7.11 Å². The van der Waals surface area contributed by atoms with Crippen molar-refractivity contribution in [1.29, 1.82) is 0 Å². The molecule has 0 radical (unpaired) electrons. The first-order valence-electron chi connectivity index (χ1n) is 7.85. The minimum absolute atomic E-state index is 0.310. The molecule has 1 amide bonds. The van der Waals surface area contributed by atoms with Gasteiger partial charge in [-0.15, -0.1) is 0 Å². The molecule has 0 saturated heterocycles. The molecule has 3 rings (SSSR count). The first kappa shape index (κ1) is 14.2. The number of benzene rings is 1. The van der Waals surface area contributed by atoms with Crippen LogP contribution in [0.1, 0.15) is 37.7 Å². The van der Waals surface area contributed by atoms with Gasteiger partial charge in [-0.05, 0) is 49.3 Å². The third-order valence-electron chi connectivity index (χ3n) is 4.37. The molecule has 1 aromatic rings. The van der Waals surface area contributed by atoms with E-state index in [0.29, 0.717) is 24.3 Å². The average molecular weight is 285 g/mol. The monoisotopic (exact) mass is 285 g/mol. The van der Waals surface area contributed by atoms with Crippen LogP contribution in [0.25, 0.3) is 0 Å². The van der Waals surface area contributed by atoms with Gasteiger partial charge in [-0.3, -0.25) is 4.79 Å². The summed E-state index contributed by atoms with van der Waals surface area (Å²) in [5.74, 6) is 1.62. The van der Waals surface area contributed by atoms with Gasteiger partial charge in [0.05, 0.1) is 7.11 Å². The molecule has 0 bridgehead atoms. The Morgan fingerprint density at radius 2 is 2.00 bits per heavy atom. The molecule has 3 heteroatoms. The molecule has 3 nitrogen and oxygen atoms in total. The maximum atomic E-state index is 12.6. The Bertz CT molecular complexity index is 517. The van der Waals surface area contributed by atoms with E-state index in [9.17, 15) is 4.79 Å². The van der Waals surface area contributed by atoms with Gasteiger partial charge in [0.1, 0.15) is 5.75 Å². The van der Waals surface area contributed by atoms with Crippen molar-refractivity contribution in [3.63, 3.8) is 0 Å². The van der Waals surface area contributed by atoms with Gasteiger partial charge >= 0.3 is 0 Å². The zero-order valence-corrected chi connectivity index (χ0v) is 12.6. The highest BCUT2D eigenvalue weighted by Gasteiger charge is 2.33. The van der Waals surface area contributed by atoms with Crippen LogP contribution in [-0.2, 0) is 11.3 Å². The molecule has 0 spiro atoms. The molecule has 1 atom stereocenters. The highest BCUT2D eigenvalue weighted by Crippen LogP contribution is 2.31. The van der Waals surface area contributed by atoms with Crippen molar-refractivity contribution in [3.05, 3.63) is 42.0 Å². The zero-order chi connectivity index (χ0) is 14.7. The fourth-order valence-electron chi connectivity index (χ4n) is 2.94. The summed E-state index contributed by atoms with van der Waals surface area (Å²) in [5.41, 5.74) is 1.18. The number of allylic oxidation sites excluding steroid dienone is 2. The molecule has 21 heavy (non-hydrogen) atoms. The van der Waals surface area contributed by atoms with E-state index in [1.807, 2.05) is 12.1 Å². The summed E-state index contributed by atoms with van der Waals surface area (Å²) < 4.78 is 5.18. The maximum absolute atomic E-state index is 12.6. The Kier molecular flexibility index (Phi) is 4.28. The molecule has 1 fully saturated rings. The van der Waals surface area contributed by atoms with Gasteiger partial charge < -0.3 is 9.64 Å². The molecular formula is C18H23NO2. The van der Waals surface area contributed by atoms with Gasteiger partial charge in [-0.2, -0.15) is 0 Å². The zero-order valence-electron chi connectivity index (χ0n) is 12.6. The summed E-state index contributed by atoms with van der Waals surface area (Å²) in [7, 11) is 1.67. The third kappa shape index (κ3) is 3.66. The summed E-state index contributed by atoms with van der Waals surface area (Å²) in [6.45, 7) is 0.726. The molecule has 0 heterocycles. The van der Waals surface area contributed by atoms with Gasteiger partial charge in [0.2, 0.25) is 5.91 Å². The number of carbonyl (C=O) groups excluding carboxylic acids is 1. The standard InChI is InChI=1S/C18H23NO2/c1-21-17-10-6-15(7-11-17)13-19(16-8-9-16)18(20)12-14-4-2-3-5-14/h2,4,6-7,10-11,14,16H,3,5,8-9,12-13H2,1H3/t14-/m1/s1. The summed E-state index contributed by atoms with van der Waals surface area (Å²) >= 11 is 0. The second kappa shape index (κ2) is 6.33. The third-order valence-corrected chi connectivity index (χ3v) is 4.37.